The summed E-state index contributed by atoms with van der Waals surface area (Å²) >= 11 is 0. The maximum atomic E-state index is 12.4. The summed E-state index contributed by atoms with van der Waals surface area (Å²) in [6.45, 7) is 4.28. The lowest BCUT2D eigenvalue weighted by Gasteiger charge is -2.37. The molecule has 0 bridgehead atoms. The van der Waals surface area contributed by atoms with Gasteiger partial charge in [0.2, 0.25) is 11.8 Å². The van der Waals surface area contributed by atoms with E-state index in [0.717, 1.165) is 12.8 Å². The minimum atomic E-state index is -0.444. The van der Waals surface area contributed by atoms with Gasteiger partial charge in [-0.2, -0.15) is 0 Å². The fourth-order valence-corrected chi connectivity index (χ4v) is 3.04. The van der Waals surface area contributed by atoms with Crippen LogP contribution >= 0.6 is 12.4 Å². The van der Waals surface area contributed by atoms with Gasteiger partial charge in [0.25, 0.3) is 0 Å². The molecule has 0 aromatic heterocycles. The van der Waals surface area contributed by atoms with Crippen LogP contribution in [0.25, 0.3) is 0 Å². The maximum absolute atomic E-state index is 12.4. The van der Waals surface area contributed by atoms with Crippen molar-refractivity contribution in [3.8, 4) is 0 Å². The zero-order valence-corrected chi connectivity index (χ0v) is 13.0. The van der Waals surface area contributed by atoms with Gasteiger partial charge in [-0.25, -0.2) is 0 Å². The van der Waals surface area contributed by atoms with Crippen molar-refractivity contribution in [3.05, 3.63) is 0 Å². The summed E-state index contributed by atoms with van der Waals surface area (Å²) in [5.74, 6) is 0.516. The lowest BCUT2D eigenvalue weighted by atomic mass is 9.88. The van der Waals surface area contributed by atoms with Crippen LogP contribution in [0.1, 0.15) is 39.0 Å². The SMILES string of the molecule is C[C@@H](N)C(=O)N1CCN(C(=O)C2CCCCC2)CC1.Cl. The molecule has 1 atom stereocenters. The standard InChI is InChI=1S/C14H25N3O2.ClH/c1-11(15)13(18)16-7-9-17(10-8-16)14(19)12-5-3-2-4-6-12;/h11-12H,2-10,15H2,1H3;1H/t11-;/m1./s1. The summed E-state index contributed by atoms with van der Waals surface area (Å²) in [6, 6.07) is -0.444. The zero-order chi connectivity index (χ0) is 13.8. The van der Waals surface area contributed by atoms with Crippen LogP contribution in [0.4, 0.5) is 0 Å². The minimum absolute atomic E-state index is 0. The lowest BCUT2D eigenvalue weighted by molar-refractivity contribution is -0.143. The molecular weight excluding hydrogens is 278 g/mol. The molecule has 2 fully saturated rings. The second kappa shape index (κ2) is 7.84. The lowest BCUT2D eigenvalue weighted by Crippen LogP contribution is -2.54. The van der Waals surface area contributed by atoms with Gasteiger partial charge >= 0.3 is 0 Å². The Bertz CT molecular complexity index is 335. The summed E-state index contributed by atoms with van der Waals surface area (Å²) in [4.78, 5) is 27.8. The van der Waals surface area contributed by atoms with Crippen LogP contribution in [-0.4, -0.2) is 53.8 Å². The Morgan fingerprint density at radius 1 is 1.00 bits per heavy atom. The van der Waals surface area contributed by atoms with Gasteiger partial charge in [0.1, 0.15) is 0 Å². The predicted octanol–water partition coefficient (Wildman–Crippen LogP) is 1.01. The number of halogens is 1. The third kappa shape index (κ3) is 4.09. The van der Waals surface area contributed by atoms with Crippen LogP contribution in [0, 0.1) is 5.92 Å². The van der Waals surface area contributed by atoms with Gasteiger partial charge in [-0.15, -0.1) is 12.4 Å². The van der Waals surface area contributed by atoms with Crippen LogP contribution in [0.15, 0.2) is 0 Å². The molecule has 5 nitrogen and oxygen atoms in total. The fourth-order valence-electron chi connectivity index (χ4n) is 3.04. The van der Waals surface area contributed by atoms with Gasteiger partial charge in [-0.05, 0) is 19.8 Å². The first-order chi connectivity index (χ1) is 9.09. The molecule has 0 unspecified atom stereocenters. The molecule has 1 aliphatic heterocycles. The van der Waals surface area contributed by atoms with Gasteiger partial charge in [-0.1, -0.05) is 19.3 Å². The molecule has 1 aliphatic carbocycles. The molecule has 0 aromatic rings. The third-order valence-corrected chi connectivity index (χ3v) is 4.25. The Hall–Kier alpha value is -0.810. The fraction of sp³-hybridized carbons (Fsp3) is 0.857. The van der Waals surface area contributed by atoms with E-state index in [4.69, 9.17) is 5.73 Å². The van der Waals surface area contributed by atoms with Crippen molar-refractivity contribution in [2.45, 2.75) is 45.1 Å². The van der Waals surface area contributed by atoms with Crippen molar-refractivity contribution >= 4 is 24.2 Å². The van der Waals surface area contributed by atoms with E-state index >= 15 is 0 Å². The monoisotopic (exact) mass is 303 g/mol. The highest BCUT2D eigenvalue weighted by atomic mass is 35.5. The Morgan fingerprint density at radius 2 is 1.50 bits per heavy atom. The molecule has 2 amide bonds. The van der Waals surface area contributed by atoms with Crippen LogP contribution in [0.3, 0.4) is 0 Å². The highest BCUT2D eigenvalue weighted by molar-refractivity contribution is 5.85. The third-order valence-electron chi connectivity index (χ3n) is 4.25. The summed E-state index contributed by atoms with van der Waals surface area (Å²) in [5.41, 5.74) is 5.61. The molecular formula is C14H26ClN3O2. The first kappa shape index (κ1) is 17.2. The Labute approximate surface area is 127 Å². The molecule has 0 spiro atoms. The topological polar surface area (TPSA) is 66.6 Å². The number of amides is 2. The van der Waals surface area contributed by atoms with E-state index in [2.05, 4.69) is 0 Å². The average Bonchev–Trinajstić information content (AvgIpc) is 2.46. The molecule has 0 aromatic carbocycles. The van der Waals surface area contributed by atoms with Crippen molar-refractivity contribution in [1.82, 2.24) is 9.80 Å². The molecule has 2 N–H and O–H groups in total. The number of hydrogen-bond donors (Lipinski definition) is 1. The largest absolute Gasteiger partial charge is 0.339 e. The Kier molecular flexibility index (Phi) is 6.76. The molecule has 1 saturated carbocycles. The van der Waals surface area contributed by atoms with E-state index in [9.17, 15) is 9.59 Å². The summed E-state index contributed by atoms with van der Waals surface area (Å²) in [6.07, 6.45) is 5.70. The first-order valence-electron chi connectivity index (χ1n) is 7.42. The van der Waals surface area contributed by atoms with Crippen LogP contribution < -0.4 is 5.73 Å². The van der Waals surface area contributed by atoms with E-state index in [1.165, 1.54) is 19.3 Å². The number of rotatable bonds is 2. The van der Waals surface area contributed by atoms with E-state index in [0.29, 0.717) is 32.1 Å². The number of piperazine rings is 1. The van der Waals surface area contributed by atoms with Crippen molar-refractivity contribution < 1.29 is 9.59 Å². The van der Waals surface area contributed by atoms with Crippen LogP contribution in [0.2, 0.25) is 0 Å². The van der Waals surface area contributed by atoms with E-state index in [1.54, 1.807) is 11.8 Å². The maximum Gasteiger partial charge on any atom is 0.239 e. The van der Waals surface area contributed by atoms with Crippen molar-refractivity contribution in [2.24, 2.45) is 11.7 Å². The van der Waals surface area contributed by atoms with Gasteiger partial charge in [-0.3, -0.25) is 9.59 Å². The molecule has 116 valence electrons. The quantitative estimate of drug-likeness (QED) is 0.828. The highest BCUT2D eigenvalue weighted by Gasteiger charge is 2.30. The van der Waals surface area contributed by atoms with Crippen LogP contribution in [-0.2, 0) is 9.59 Å². The molecule has 2 rings (SSSR count). The predicted molar refractivity (Wildman–Crippen MR) is 80.6 cm³/mol. The van der Waals surface area contributed by atoms with Gasteiger partial charge < -0.3 is 15.5 Å². The smallest absolute Gasteiger partial charge is 0.239 e. The second-order valence-corrected chi connectivity index (χ2v) is 5.77. The first-order valence-corrected chi connectivity index (χ1v) is 7.42. The van der Waals surface area contributed by atoms with Crippen LogP contribution in [0.5, 0.6) is 0 Å². The second-order valence-electron chi connectivity index (χ2n) is 5.77. The normalized spacial score (nSPS) is 22.1. The van der Waals surface area contributed by atoms with Crippen molar-refractivity contribution in [2.75, 3.05) is 26.2 Å². The summed E-state index contributed by atoms with van der Waals surface area (Å²) < 4.78 is 0. The Morgan fingerprint density at radius 3 is 2.00 bits per heavy atom. The summed E-state index contributed by atoms with van der Waals surface area (Å²) in [5, 5.41) is 0. The molecule has 0 radical (unpaired) electrons. The number of carbonyl (C=O) groups is 2. The van der Waals surface area contributed by atoms with E-state index < -0.39 is 6.04 Å². The van der Waals surface area contributed by atoms with Gasteiger partial charge in [0.15, 0.2) is 0 Å². The molecule has 20 heavy (non-hydrogen) atoms. The van der Waals surface area contributed by atoms with Crippen molar-refractivity contribution in [1.29, 1.82) is 0 Å². The molecule has 6 heteroatoms. The summed E-state index contributed by atoms with van der Waals surface area (Å²) in [7, 11) is 0. The average molecular weight is 304 g/mol. The minimum Gasteiger partial charge on any atom is -0.339 e. The molecule has 2 aliphatic rings. The van der Waals surface area contributed by atoms with E-state index in [-0.39, 0.29) is 24.2 Å². The molecule has 1 heterocycles. The van der Waals surface area contributed by atoms with Gasteiger partial charge in [0, 0.05) is 32.1 Å². The zero-order valence-electron chi connectivity index (χ0n) is 12.2. The van der Waals surface area contributed by atoms with Crippen molar-refractivity contribution in [3.63, 3.8) is 0 Å². The Balaban J connectivity index is 0.00000200. The highest BCUT2D eigenvalue weighted by Crippen LogP contribution is 2.25. The number of carbonyl (C=O) groups excluding carboxylic acids is 2. The number of nitrogens with zero attached hydrogens (tertiary/aromatic N) is 2. The van der Waals surface area contributed by atoms with Gasteiger partial charge in [0.05, 0.1) is 6.04 Å². The van der Waals surface area contributed by atoms with E-state index in [1.807, 2.05) is 4.90 Å². The number of nitrogens with two attached hydrogens (primary N) is 1. The number of hydrogen-bond acceptors (Lipinski definition) is 3. The molecule has 1 saturated heterocycles.